The Morgan fingerprint density at radius 3 is 2.57 bits per heavy atom. The van der Waals surface area contributed by atoms with Crippen LogP contribution in [0, 0.1) is 15.9 Å². The molecule has 0 amide bonds. The van der Waals surface area contributed by atoms with Gasteiger partial charge in [0.1, 0.15) is 0 Å². The van der Waals surface area contributed by atoms with E-state index in [-0.39, 0.29) is 13.2 Å². The Morgan fingerprint density at radius 2 is 2.10 bits per heavy atom. The van der Waals surface area contributed by atoms with Gasteiger partial charge in [0.25, 0.3) is 0 Å². The molecule has 10 heteroatoms. The first-order valence-electron chi connectivity index (χ1n) is 5.77. The van der Waals surface area contributed by atoms with E-state index in [9.17, 15) is 22.9 Å². The zero-order chi connectivity index (χ0) is 16.0. The van der Waals surface area contributed by atoms with Crippen LogP contribution in [0.3, 0.4) is 0 Å². The Hall–Kier alpha value is -1.62. The predicted octanol–water partition coefficient (Wildman–Crippen LogP) is 0.674. The van der Waals surface area contributed by atoms with Crippen LogP contribution in [-0.4, -0.2) is 46.8 Å². The third kappa shape index (κ3) is 4.70. The molecule has 0 aliphatic heterocycles. The number of nitro groups is 1. The number of rotatable bonds is 8. The van der Waals surface area contributed by atoms with E-state index in [1.54, 1.807) is 0 Å². The molecule has 0 fully saturated rings. The summed E-state index contributed by atoms with van der Waals surface area (Å²) in [5, 5.41) is 10.5. The second kappa shape index (κ2) is 7.41. The molecule has 1 aromatic rings. The fourth-order valence-electron chi connectivity index (χ4n) is 1.49. The molecule has 21 heavy (non-hydrogen) atoms. The summed E-state index contributed by atoms with van der Waals surface area (Å²) in [6, 6.07) is 2.35. The molecule has 0 radical (unpaired) electrons. The maximum atomic E-state index is 13.4. The fourth-order valence-corrected chi connectivity index (χ4v) is 2.56. The number of nitrogens with zero attached hydrogens (tertiary/aromatic N) is 1. The number of methoxy groups -OCH3 is 2. The molecule has 0 bridgehead atoms. The highest BCUT2D eigenvalue weighted by atomic mass is 32.2. The number of benzene rings is 1. The molecule has 1 aromatic carbocycles. The molecule has 0 aliphatic carbocycles. The largest absolute Gasteiger partial charge is 0.382 e. The standard InChI is InChI=1S/C11H15FN2O6S/c1-19-7-8(20-2)6-13-21(17,18)9-3-4-11(14(15)16)10(12)5-9/h3-5,8,13H,6-7H2,1-2H3. The molecule has 0 spiro atoms. The average Bonchev–Trinajstić information content (AvgIpc) is 2.42. The van der Waals surface area contributed by atoms with Crippen LogP contribution in [-0.2, 0) is 19.5 Å². The van der Waals surface area contributed by atoms with E-state index in [0.29, 0.717) is 6.07 Å². The van der Waals surface area contributed by atoms with Crippen LogP contribution in [0.15, 0.2) is 23.1 Å². The van der Waals surface area contributed by atoms with Crippen molar-refractivity contribution in [2.75, 3.05) is 27.4 Å². The van der Waals surface area contributed by atoms with E-state index in [0.717, 1.165) is 12.1 Å². The molecule has 0 saturated carbocycles. The van der Waals surface area contributed by atoms with Crippen molar-refractivity contribution in [3.8, 4) is 0 Å². The van der Waals surface area contributed by atoms with Crippen molar-refractivity contribution in [2.45, 2.75) is 11.0 Å². The number of hydrogen-bond donors (Lipinski definition) is 1. The molecule has 118 valence electrons. The Kier molecular flexibility index (Phi) is 6.15. The minimum atomic E-state index is -4.00. The minimum absolute atomic E-state index is 0.0781. The number of hydrogen-bond acceptors (Lipinski definition) is 6. The Morgan fingerprint density at radius 1 is 1.43 bits per heavy atom. The van der Waals surface area contributed by atoms with E-state index < -0.39 is 37.5 Å². The van der Waals surface area contributed by atoms with E-state index in [2.05, 4.69) is 4.72 Å². The van der Waals surface area contributed by atoms with Gasteiger partial charge in [0.2, 0.25) is 15.8 Å². The van der Waals surface area contributed by atoms with Crippen molar-refractivity contribution in [3.63, 3.8) is 0 Å². The summed E-state index contributed by atoms with van der Waals surface area (Å²) < 4.78 is 49.4. The van der Waals surface area contributed by atoms with E-state index in [4.69, 9.17) is 9.47 Å². The van der Waals surface area contributed by atoms with Crippen LogP contribution in [0.1, 0.15) is 0 Å². The molecule has 0 aliphatic rings. The number of halogens is 1. The second-order valence-corrected chi connectivity index (χ2v) is 5.80. The van der Waals surface area contributed by atoms with Crippen molar-refractivity contribution in [2.24, 2.45) is 0 Å². The zero-order valence-corrected chi connectivity index (χ0v) is 12.2. The van der Waals surface area contributed by atoms with Crippen LogP contribution in [0.5, 0.6) is 0 Å². The van der Waals surface area contributed by atoms with Crippen LogP contribution in [0.25, 0.3) is 0 Å². The summed E-state index contributed by atoms with van der Waals surface area (Å²) in [6.45, 7) is 0.0962. The van der Waals surface area contributed by atoms with Crippen molar-refractivity contribution >= 4 is 15.7 Å². The van der Waals surface area contributed by atoms with Gasteiger partial charge in [0.05, 0.1) is 22.5 Å². The van der Waals surface area contributed by atoms with Gasteiger partial charge in [-0.3, -0.25) is 10.1 Å². The van der Waals surface area contributed by atoms with Gasteiger partial charge in [-0.1, -0.05) is 0 Å². The third-order valence-corrected chi connectivity index (χ3v) is 4.03. The van der Waals surface area contributed by atoms with Crippen molar-refractivity contribution in [3.05, 3.63) is 34.1 Å². The highest BCUT2D eigenvalue weighted by molar-refractivity contribution is 7.89. The van der Waals surface area contributed by atoms with E-state index in [1.807, 2.05) is 0 Å². The molecule has 1 N–H and O–H groups in total. The van der Waals surface area contributed by atoms with Crippen LogP contribution >= 0.6 is 0 Å². The molecule has 0 heterocycles. The number of ether oxygens (including phenoxy) is 2. The number of sulfonamides is 1. The predicted molar refractivity (Wildman–Crippen MR) is 70.9 cm³/mol. The smallest absolute Gasteiger partial charge is 0.304 e. The minimum Gasteiger partial charge on any atom is -0.382 e. The average molecular weight is 322 g/mol. The summed E-state index contributed by atoms with van der Waals surface area (Å²) in [6.07, 6.45) is -0.507. The second-order valence-electron chi connectivity index (χ2n) is 4.04. The van der Waals surface area contributed by atoms with Gasteiger partial charge >= 0.3 is 5.69 Å². The lowest BCUT2D eigenvalue weighted by Crippen LogP contribution is -2.35. The Labute approximate surface area is 121 Å². The molecule has 0 saturated heterocycles. The first-order chi connectivity index (χ1) is 9.81. The van der Waals surface area contributed by atoms with E-state index in [1.165, 1.54) is 14.2 Å². The maximum absolute atomic E-state index is 13.4. The Balaban J connectivity index is 2.88. The zero-order valence-electron chi connectivity index (χ0n) is 11.4. The molecular weight excluding hydrogens is 307 g/mol. The lowest BCUT2D eigenvalue weighted by molar-refractivity contribution is -0.387. The van der Waals surface area contributed by atoms with Crippen LogP contribution in [0.2, 0.25) is 0 Å². The highest BCUT2D eigenvalue weighted by Gasteiger charge is 2.21. The number of nitro benzene ring substituents is 1. The first kappa shape index (κ1) is 17.4. The maximum Gasteiger partial charge on any atom is 0.304 e. The quantitative estimate of drug-likeness (QED) is 0.557. The normalized spacial score (nSPS) is 13.1. The summed E-state index contributed by atoms with van der Waals surface area (Å²) >= 11 is 0. The summed E-state index contributed by atoms with van der Waals surface area (Å²) in [7, 11) is -1.17. The van der Waals surface area contributed by atoms with Crippen LogP contribution in [0.4, 0.5) is 10.1 Å². The molecule has 1 atom stereocenters. The summed E-state index contributed by atoms with van der Waals surface area (Å²) in [5.74, 6) is -1.22. The molecular formula is C11H15FN2O6S. The lowest BCUT2D eigenvalue weighted by Gasteiger charge is -2.15. The molecule has 1 unspecified atom stereocenters. The SMILES string of the molecule is COCC(CNS(=O)(=O)c1ccc([N+](=O)[O-])c(F)c1)OC. The Bertz CT molecular complexity index is 607. The van der Waals surface area contributed by atoms with Gasteiger partial charge in [-0.15, -0.1) is 0 Å². The highest BCUT2D eigenvalue weighted by Crippen LogP contribution is 2.20. The topological polar surface area (TPSA) is 108 Å². The van der Waals surface area contributed by atoms with Gasteiger partial charge in [-0.2, -0.15) is 4.39 Å². The van der Waals surface area contributed by atoms with Crippen molar-refractivity contribution in [1.82, 2.24) is 4.72 Å². The van der Waals surface area contributed by atoms with Gasteiger partial charge in [0, 0.05) is 32.9 Å². The third-order valence-electron chi connectivity index (χ3n) is 2.61. The summed E-state index contributed by atoms with van der Waals surface area (Å²) in [5.41, 5.74) is -0.789. The first-order valence-corrected chi connectivity index (χ1v) is 7.25. The fraction of sp³-hybridized carbons (Fsp3) is 0.455. The molecule has 8 nitrogen and oxygen atoms in total. The van der Waals surface area contributed by atoms with Gasteiger partial charge < -0.3 is 9.47 Å². The van der Waals surface area contributed by atoms with Crippen LogP contribution < -0.4 is 4.72 Å². The molecule has 0 aromatic heterocycles. The van der Waals surface area contributed by atoms with Gasteiger partial charge in [-0.25, -0.2) is 13.1 Å². The number of nitrogens with one attached hydrogen (secondary N) is 1. The molecule has 1 rings (SSSR count). The van der Waals surface area contributed by atoms with Gasteiger partial charge in [-0.05, 0) is 6.07 Å². The lowest BCUT2D eigenvalue weighted by atomic mass is 10.3. The van der Waals surface area contributed by atoms with Crippen molar-refractivity contribution < 1.29 is 27.2 Å². The summed E-state index contributed by atoms with van der Waals surface area (Å²) in [4.78, 5) is 9.14. The monoisotopic (exact) mass is 322 g/mol. The van der Waals surface area contributed by atoms with E-state index >= 15 is 0 Å². The van der Waals surface area contributed by atoms with Gasteiger partial charge in [0.15, 0.2) is 0 Å². The van der Waals surface area contributed by atoms with Crippen molar-refractivity contribution in [1.29, 1.82) is 0 Å².